The topological polar surface area (TPSA) is 122 Å². The van der Waals surface area contributed by atoms with E-state index in [1.54, 1.807) is 12.5 Å². The third-order valence-electron chi connectivity index (χ3n) is 6.06. The fourth-order valence-corrected chi connectivity index (χ4v) is 5.03. The molecular weight excluding hydrogens is 498 g/mol. The Kier molecular flexibility index (Phi) is 8.02. The maximum atomic E-state index is 12.7. The summed E-state index contributed by atoms with van der Waals surface area (Å²) in [7, 11) is 1.58. The van der Waals surface area contributed by atoms with Crippen molar-refractivity contribution in [2.45, 2.75) is 13.3 Å². The fourth-order valence-electron chi connectivity index (χ4n) is 4.35. The molecule has 0 unspecified atom stereocenters. The highest BCUT2D eigenvalue weighted by molar-refractivity contribution is 7.13. The molecule has 198 valence electrons. The summed E-state index contributed by atoms with van der Waals surface area (Å²) in [4.78, 5) is 30.5. The van der Waals surface area contributed by atoms with Crippen molar-refractivity contribution in [2.75, 3.05) is 71.5 Å². The number of methoxy groups -OCH3 is 1. The van der Waals surface area contributed by atoms with Crippen molar-refractivity contribution in [3.63, 3.8) is 0 Å². The average molecular weight is 530 g/mol. The van der Waals surface area contributed by atoms with Gasteiger partial charge in [-0.3, -0.25) is 20.1 Å². The van der Waals surface area contributed by atoms with Gasteiger partial charge in [-0.2, -0.15) is 4.98 Å². The van der Waals surface area contributed by atoms with Crippen molar-refractivity contribution in [1.82, 2.24) is 20.1 Å². The molecule has 4 heterocycles. The van der Waals surface area contributed by atoms with Gasteiger partial charge in [0.15, 0.2) is 16.6 Å². The van der Waals surface area contributed by atoms with E-state index >= 15 is 0 Å². The maximum absolute atomic E-state index is 12.7. The van der Waals surface area contributed by atoms with Gasteiger partial charge in [0.05, 0.1) is 38.9 Å². The lowest BCUT2D eigenvalue weighted by molar-refractivity contribution is 0.0357. The number of amidine groups is 1. The Hall–Kier alpha value is -3.42. The predicted octanol–water partition coefficient (Wildman–Crippen LogP) is 2.54. The molecule has 1 fully saturated rings. The number of aliphatic imine (C=N–C) groups is 2. The van der Waals surface area contributed by atoms with Crippen molar-refractivity contribution >= 4 is 40.0 Å². The molecule has 0 radical (unpaired) electrons. The molecule has 2 aromatic rings. The van der Waals surface area contributed by atoms with Gasteiger partial charge >= 0.3 is 6.09 Å². The quantitative estimate of drug-likeness (QED) is 0.472. The lowest BCUT2D eigenvalue weighted by Crippen LogP contribution is -2.48. The van der Waals surface area contributed by atoms with E-state index < -0.39 is 6.09 Å². The summed E-state index contributed by atoms with van der Waals surface area (Å²) < 4.78 is 22.6. The first-order chi connectivity index (χ1) is 18.2. The number of amides is 1. The number of ether oxygens (including phenoxy) is 4. The van der Waals surface area contributed by atoms with Gasteiger partial charge in [0, 0.05) is 38.3 Å². The third kappa shape index (κ3) is 5.78. The lowest BCUT2D eigenvalue weighted by atomic mass is 10.1. The Morgan fingerprint density at radius 3 is 2.92 bits per heavy atom. The zero-order valence-corrected chi connectivity index (χ0v) is 21.8. The molecule has 0 aliphatic carbocycles. The number of guanidine groups is 1. The SMILES string of the molecule is CCNc1nc(OC(=O)NC2=Nc3c(ccc(OCCCN4CCOCC4)c3OC)C3=NCCN23)cs1. The van der Waals surface area contributed by atoms with E-state index in [1.165, 1.54) is 11.3 Å². The number of carbonyl (C=O) groups is 1. The number of rotatable bonds is 9. The second-order valence-electron chi connectivity index (χ2n) is 8.48. The summed E-state index contributed by atoms with van der Waals surface area (Å²) in [6, 6.07) is 3.82. The van der Waals surface area contributed by atoms with Crippen molar-refractivity contribution in [3.05, 3.63) is 23.1 Å². The van der Waals surface area contributed by atoms with Gasteiger partial charge in [0.2, 0.25) is 11.8 Å². The molecule has 37 heavy (non-hydrogen) atoms. The predicted molar refractivity (Wildman–Crippen MR) is 141 cm³/mol. The van der Waals surface area contributed by atoms with E-state index in [2.05, 4.69) is 25.5 Å². The number of nitrogens with zero attached hydrogens (tertiary/aromatic N) is 5. The van der Waals surface area contributed by atoms with Crippen LogP contribution in [0.1, 0.15) is 18.9 Å². The Labute approximate surface area is 219 Å². The zero-order chi connectivity index (χ0) is 25.6. The smallest absolute Gasteiger partial charge is 0.420 e. The van der Waals surface area contributed by atoms with E-state index in [1.807, 2.05) is 24.0 Å². The number of aromatic nitrogens is 1. The first-order valence-electron chi connectivity index (χ1n) is 12.4. The standard InChI is InChI=1S/C24H31N7O5S/c1-3-25-23-27-18(15-37-23)36-24(32)29-22-28-19-16(21-26-7-9-31(21)22)5-6-17(20(19)33-2)35-12-4-8-30-10-13-34-14-11-30/h5-6,15H,3-4,7-14H2,1-2H3,(H,25,27)(H,28,29,32). The summed E-state index contributed by atoms with van der Waals surface area (Å²) >= 11 is 1.37. The third-order valence-corrected chi connectivity index (χ3v) is 6.84. The van der Waals surface area contributed by atoms with Crippen LogP contribution in [-0.4, -0.2) is 98.9 Å². The van der Waals surface area contributed by atoms with Gasteiger partial charge in [-0.15, -0.1) is 11.3 Å². The van der Waals surface area contributed by atoms with Gasteiger partial charge < -0.3 is 24.3 Å². The van der Waals surface area contributed by atoms with E-state index in [9.17, 15) is 4.79 Å². The largest absolute Gasteiger partial charge is 0.491 e. The highest BCUT2D eigenvalue weighted by Crippen LogP contribution is 2.43. The molecule has 0 atom stereocenters. The molecule has 1 aromatic heterocycles. The second-order valence-corrected chi connectivity index (χ2v) is 9.34. The van der Waals surface area contributed by atoms with Gasteiger partial charge in [0.25, 0.3) is 0 Å². The first kappa shape index (κ1) is 25.2. The van der Waals surface area contributed by atoms with Gasteiger partial charge in [-0.1, -0.05) is 0 Å². The van der Waals surface area contributed by atoms with Crippen LogP contribution in [0.25, 0.3) is 0 Å². The molecule has 12 nitrogen and oxygen atoms in total. The van der Waals surface area contributed by atoms with Crippen LogP contribution in [-0.2, 0) is 4.74 Å². The highest BCUT2D eigenvalue weighted by Gasteiger charge is 2.33. The van der Waals surface area contributed by atoms with Crippen LogP contribution in [0.4, 0.5) is 15.6 Å². The zero-order valence-electron chi connectivity index (χ0n) is 21.0. The minimum Gasteiger partial charge on any atom is -0.491 e. The highest BCUT2D eigenvalue weighted by atomic mass is 32.1. The van der Waals surface area contributed by atoms with Crippen LogP contribution in [0.2, 0.25) is 0 Å². The van der Waals surface area contributed by atoms with Gasteiger partial charge in [-0.25, -0.2) is 9.79 Å². The Morgan fingerprint density at radius 2 is 2.11 bits per heavy atom. The molecule has 1 saturated heterocycles. The van der Waals surface area contributed by atoms with Crippen LogP contribution in [0, 0.1) is 0 Å². The molecule has 3 aliphatic heterocycles. The number of nitrogens with one attached hydrogen (secondary N) is 2. The summed E-state index contributed by atoms with van der Waals surface area (Å²) in [5.41, 5.74) is 1.38. The summed E-state index contributed by atoms with van der Waals surface area (Å²) in [5.74, 6) is 2.36. The van der Waals surface area contributed by atoms with Crippen molar-refractivity contribution in [3.8, 4) is 17.4 Å². The molecule has 2 N–H and O–H groups in total. The second kappa shape index (κ2) is 11.8. The van der Waals surface area contributed by atoms with Crippen LogP contribution in [0.3, 0.4) is 0 Å². The van der Waals surface area contributed by atoms with Crippen LogP contribution in [0.15, 0.2) is 27.5 Å². The number of anilines is 1. The minimum absolute atomic E-state index is 0.218. The molecular formula is C24H31N7O5S. The first-order valence-corrected chi connectivity index (χ1v) is 13.3. The van der Waals surface area contributed by atoms with E-state index in [-0.39, 0.29) is 5.88 Å². The maximum Gasteiger partial charge on any atom is 0.420 e. The summed E-state index contributed by atoms with van der Waals surface area (Å²) in [5, 5.41) is 8.19. The molecule has 0 spiro atoms. The molecule has 5 rings (SSSR count). The van der Waals surface area contributed by atoms with Crippen molar-refractivity contribution in [1.29, 1.82) is 0 Å². The van der Waals surface area contributed by atoms with Crippen LogP contribution < -0.4 is 24.8 Å². The fraction of sp³-hybridized carbons (Fsp3) is 0.500. The molecule has 0 saturated carbocycles. The number of morpholine rings is 1. The number of fused-ring (bicyclic) bond motifs is 3. The molecule has 13 heteroatoms. The van der Waals surface area contributed by atoms with Crippen LogP contribution in [0.5, 0.6) is 17.4 Å². The van der Waals surface area contributed by atoms with E-state index in [0.29, 0.717) is 48.0 Å². The van der Waals surface area contributed by atoms with Crippen molar-refractivity contribution in [2.24, 2.45) is 9.98 Å². The van der Waals surface area contributed by atoms with E-state index in [4.69, 9.17) is 23.9 Å². The number of carbonyl (C=O) groups excluding carboxylic acids is 1. The van der Waals surface area contributed by atoms with E-state index in [0.717, 1.165) is 57.2 Å². The lowest BCUT2D eigenvalue weighted by Gasteiger charge is -2.28. The number of thiazole rings is 1. The van der Waals surface area contributed by atoms with Crippen molar-refractivity contribution < 1.29 is 23.7 Å². The molecule has 1 aromatic carbocycles. The Balaban J connectivity index is 1.29. The number of benzene rings is 1. The summed E-state index contributed by atoms with van der Waals surface area (Å²) in [6.07, 6.45) is 0.200. The van der Waals surface area contributed by atoms with Gasteiger partial charge in [0.1, 0.15) is 11.5 Å². The summed E-state index contributed by atoms with van der Waals surface area (Å²) in [6.45, 7) is 8.84. The monoisotopic (exact) mass is 529 g/mol. The normalized spacial score (nSPS) is 16.9. The van der Waals surface area contributed by atoms with Crippen LogP contribution >= 0.6 is 11.3 Å². The number of hydrogen-bond donors (Lipinski definition) is 2. The molecule has 3 aliphatic rings. The average Bonchev–Trinajstić information content (AvgIpc) is 3.57. The Bertz CT molecular complexity index is 1180. The molecule has 1 amide bonds. The Morgan fingerprint density at radius 1 is 1.24 bits per heavy atom. The molecule has 0 bridgehead atoms. The minimum atomic E-state index is -0.684. The van der Waals surface area contributed by atoms with Gasteiger partial charge in [-0.05, 0) is 25.5 Å². The number of hydrogen-bond acceptors (Lipinski definition) is 12.